The lowest BCUT2D eigenvalue weighted by Gasteiger charge is -2.35. The third-order valence-electron chi connectivity index (χ3n) is 21.6. The Morgan fingerprint density at radius 1 is 0.451 bits per heavy atom. The molecular weight excluding hydrogens is 1860 g/mol. The monoisotopic (exact) mass is 1940 g/mol. The topological polar surface area (TPSA) is 352 Å². The van der Waals surface area contributed by atoms with E-state index in [0.717, 1.165) is 89.0 Å². The van der Waals surface area contributed by atoms with E-state index in [4.69, 9.17) is 19.9 Å². The number of nitro groups is 1. The van der Waals surface area contributed by atoms with Crippen LogP contribution in [-0.2, 0) is 52.1 Å². The van der Waals surface area contributed by atoms with Crippen LogP contribution in [0.15, 0.2) is 156 Å². The number of hydrogen-bond donors (Lipinski definition) is 2. The Hall–Kier alpha value is -9.82. The van der Waals surface area contributed by atoms with Crippen LogP contribution >= 0.6 is 47.8 Å². The molecule has 3 saturated carbocycles. The van der Waals surface area contributed by atoms with Gasteiger partial charge in [0.15, 0.2) is 0 Å². The van der Waals surface area contributed by atoms with Crippen LogP contribution < -0.4 is 56.6 Å². The molecule has 3 aliphatic heterocycles. The number of hydrogen-bond acceptors (Lipinski definition) is 22. The van der Waals surface area contributed by atoms with Crippen molar-refractivity contribution in [1.29, 1.82) is 0 Å². The first-order chi connectivity index (χ1) is 57.6. The minimum Gasteiger partial charge on any atom is -0.486 e. The van der Waals surface area contributed by atoms with Gasteiger partial charge in [0.1, 0.15) is 52.0 Å². The van der Waals surface area contributed by atoms with Crippen molar-refractivity contribution in [3.63, 3.8) is 0 Å². The maximum absolute atomic E-state index is 13.9. The first-order valence-corrected chi connectivity index (χ1v) is 45.7. The van der Waals surface area contributed by atoms with Crippen LogP contribution in [0.1, 0.15) is 82.9 Å². The lowest BCUT2D eigenvalue weighted by atomic mass is 10.2. The zero-order chi connectivity index (χ0) is 87.7. The van der Waals surface area contributed by atoms with Crippen molar-refractivity contribution in [2.24, 2.45) is 16.2 Å². The number of nitrogen functional groups attached to an aromatic ring is 1. The number of carbonyl (C=O) groups is 1. The predicted molar refractivity (Wildman–Crippen MR) is 455 cm³/mol. The number of benzene rings is 6. The molecule has 9 aromatic rings. The Bertz CT molecular complexity index is 6030. The number of nitrogens with one attached hydrogen (secondary N) is 1. The van der Waals surface area contributed by atoms with Crippen LogP contribution in [0.5, 0.6) is 17.2 Å². The van der Waals surface area contributed by atoms with E-state index in [1.807, 2.05) is 23.6 Å². The summed E-state index contributed by atoms with van der Waals surface area (Å²) in [4.78, 5) is 68.0. The number of ether oxygens (including phenoxy) is 3. The van der Waals surface area contributed by atoms with Gasteiger partial charge in [0.25, 0.3) is 5.69 Å². The maximum Gasteiger partial charge on any atom is 0.316 e. The Balaban J connectivity index is 0.000000158. The van der Waals surface area contributed by atoms with Crippen LogP contribution in [0, 0.1) is 61.3 Å². The summed E-state index contributed by atoms with van der Waals surface area (Å²) in [7, 11) is -11.1. The summed E-state index contributed by atoms with van der Waals surface area (Å²) >= 11 is 9.76. The second kappa shape index (κ2) is 36.5. The number of piperazine rings is 3. The maximum atomic E-state index is 13.9. The number of halogens is 9. The van der Waals surface area contributed by atoms with Crippen LogP contribution in [0.2, 0.25) is 0 Å². The number of nitro benzene ring substituents is 1. The minimum atomic E-state index is -3.80. The summed E-state index contributed by atoms with van der Waals surface area (Å²) in [5.74, 6) is -6.20. The van der Waals surface area contributed by atoms with Crippen LogP contribution in [-0.4, -0.2) is 177 Å². The van der Waals surface area contributed by atoms with Gasteiger partial charge in [-0.15, -0.1) is 0 Å². The molecule has 0 bridgehead atoms. The van der Waals surface area contributed by atoms with Gasteiger partial charge in [0.2, 0.25) is 53.2 Å². The van der Waals surface area contributed by atoms with E-state index in [-0.39, 0.29) is 156 Å². The average molecular weight is 1950 g/mol. The third kappa shape index (κ3) is 22.0. The van der Waals surface area contributed by atoms with Gasteiger partial charge in [0.05, 0.1) is 87.8 Å². The van der Waals surface area contributed by atoms with Gasteiger partial charge >= 0.3 is 16.7 Å². The van der Waals surface area contributed by atoms with Crippen molar-refractivity contribution in [3.8, 4) is 34.3 Å². The van der Waals surface area contributed by atoms with E-state index < -0.39 is 92.3 Å². The summed E-state index contributed by atoms with van der Waals surface area (Å²) in [6, 6.07) is 22.4. The number of anilines is 5. The average Bonchev–Trinajstić information content (AvgIpc) is 0.937. The van der Waals surface area contributed by atoms with E-state index in [2.05, 4.69) is 75.3 Å². The van der Waals surface area contributed by atoms with E-state index in [1.54, 1.807) is 41.3 Å². The van der Waals surface area contributed by atoms with Gasteiger partial charge in [-0.3, -0.25) is 29.3 Å². The number of rotatable bonds is 26. The molecule has 0 spiro atoms. The van der Waals surface area contributed by atoms with Crippen LogP contribution in [0.3, 0.4) is 0 Å². The predicted octanol–water partition coefficient (Wildman–Crippen LogP) is 11.8. The lowest BCUT2D eigenvalue weighted by molar-refractivity contribution is -0.385. The van der Waals surface area contributed by atoms with Crippen LogP contribution in [0.4, 0.5) is 60.5 Å². The van der Waals surface area contributed by atoms with Crippen molar-refractivity contribution in [3.05, 3.63) is 234 Å². The normalized spacial score (nSPS) is 17.0. The first-order valence-electron chi connectivity index (χ1n) is 38.5. The number of nitrogens with zero attached hydrogens (tertiary/aromatic N) is 13. The number of carbonyl (C=O) groups excluding carboxylic acids is 1. The molecule has 1 amide bonds. The van der Waals surface area contributed by atoms with E-state index >= 15 is 0 Å². The van der Waals surface area contributed by atoms with Gasteiger partial charge in [-0.2, -0.15) is 42.3 Å². The number of nitrogens with two attached hydrogens (primary N) is 1. The van der Waals surface area contributed by atoms with Gasteiger partial charge in [-0.25, -0.2) is 51.6 Å². The second-order valence-electron chi connectivity index (χ2n) is 31.7. The highest BCUT2D eigenvalue weighted by molar-refractivity contribution is 9.11. The lowest BCUT2D eigenvalue weighted by Crippen LogP contribution is -2.49. The Morgan fingerprint density at radius 2 is 0.738 bits per heavy atom. The summed E-state index contributed by atoms with van der Waals surface area (Å²) in [6.45, 7) is 10.8. The first kappa shape index (κ1) is 89.9. The highest BCUT2D eigenvalue weighted by atomic mass is 79.9. The molecule has 122 heavy (non-hydrogen) atoms. The van der Waals surface area contributed by atoms with Crippen molar-refractivity contribution >= 4 is 118 Å². The van der Waals surface area contributed by atoms with Crippen molar-refractivity contribution < 1.29 is 75.5 Å². The second-order valence-corrected chi connectivity index (χ2v) is 40.2. The standard InChI is InChI=1S/C28H30BrF2N5O5S.C26H26BrF2N5O6S.C26H28BrF2N5O4S/c1-18(37)33-24-11-19(3-4-23(24)29)16-42(39,40)35-9-7-34(8-10-35)25-15-32-36(22-13-20(30)12-21(31)14-22)27(38)26(25)41-17-28(2)5-6-28;1-26(4-5-26)16-40-24-23(14-30-33(25(24)35)20-12-18(28)11-19(29)13-20)31-6-8-32(9-7-31)41(38,39)15-17-2-3-21(27)22(10-17)34(36)37;1-26(4-5-26)16-38-24-23(14-31-34(25(24)35)20-12-18(28)11-19(29)13-20)32-6-8-33(9-7-32)39(36,37)15-17-2-3-21(27)22(30)10-17/h3-4,11-15H,5-10,16-17H2,1-2H3,(H,33,37);2-3,10-14H,4-9,15-16H2,1H3;2-3,10-14H,4-9,15-16,30H2,1H3. The third-order valence-corrected chi connectivity index (χ3v) is 29.2. The van der Waals surface area contributed by atoms with Crippen molar-refractivity contribution in [1.82, 2.24) is 42.3 Å². The molecule has 650 valence electrons. The zero-order valence-corrected chi connectivity index (χ0v) is 73.4. The Kier molecular flexibility index (Phi) is 26.9. The zero-order valence-electron chi connectivity index (χ0n) is 66.2. The van der Waals surface area contributed by atoms with Crippen molar-refractivity contribution in [2.45, 2.75) is 83.5 Å². The molecule has 3 aliphatic carbocycles. The molecule has 30 nitrogen and oxygen atoms in total. The smallest absolute Gasteiger partial charge is 0.316 e. The summed E-state index contributed by atoms with van der Waals surface area (Å²) in [5.41, 5.74) is 6.79. The fraction of sp³-hybridized carbons (Fsp3) is 0.388. The molecule has 6 heterocycles. The SMILES string of the molecule is CC(=O)Nc1cc(CS(=O)(=O)N2CCN(c3cnn(-c4cc(F)cc(F)c4)c(=O)c3OCC3(C)CC3)CC2)ccc1Br.CC1(COc2c(N3CCN(S(=O)(=O)Cc4ccc(Br)c(N)c4)CC3)cnn(-c3cc(F)cc(F)c3)c2=O)CC1.CC1(COc2c(N3CCN(S(=O)(=O)Cc4ccc(Br)c([N+](=O)[O-])c4)CC3)cnn(-c3cc(F)cc(F)c3)c2=O)CC1. The van der Waals surface area contributed by atoms with E-state index in [1.165, 1.54) is 56.6 Å². The fourth-order valence-electron chi connectivity index (χ4n) is 13.7. The number of aromatic nitrogens is 6. The van der Waals surface area contributed by atoms with Gasteiger partial charge in [-0.1, -0.05) is 39.0 Å². The molecule has 6 fully saturated rings. The fourth-order valence-corrected chi connectivity index (χ4v) is 19.2. The molecule has 0 atom stereocenters. The van der Waals surface area contributed by atoms with Crippen molar-refractivity contribution in [2.75, 3.05) is 124 Å². The Morgan fingerprint density at radius 3 is 1.02 bits per heavy atom. The van der Waals surface area contributed by atoms with Gasteiger partial charge in [-0.05, 0) is 170 Å². The van der Waals surface area contributed by atoms with Crippen LogP contribution in [0.25, 0.3) is 17.1 Å². The van der Waals surface area contributed by atoms with Gasteiger partial charge in [0, 0.05) is 141 Å². The summed E-state index contributed by atoms with van der Waals surface area (Å²) in [6.07, 6.45) is 9.93. The van der Waals surface area contributed by atoms with Gasteiger partial charge < -0.3 is 40.0 Å². The molecule has 3 aromatic heterocycles. The largest absolute Gasteiger partial charge is 0.486 e. The van der Waals surface area contributed by atoms with E-state index in [0.29, 0.717) is 93.0 Å². The molecule has 6 aromatic carbocycles. The quantitative estimate of drug-likeness (QED) is 0.0220. The molecule has 15 rings (SSSR count). The molecule has 3 saturated heterocycles. The summed E-state index contributed by atoms with van der Waals surface area (Å²) < 4.78 is 189. The molecule has 3 N–H and O–H groups in total. The summed E-state index contributed by atoms with van der Waals surface area (Å²) in [5, 5.41) is 26.4. The molecule has 42 heteroatoms. The molecule has 0 unspecified atom stereocenters. The molecule has 0 radical (unpaired) electrons. The number of amides is 1. The highest BCUT2D eigenvalue weighted by Gasteiger charge is 2.42. The number of sulfonamides is 3. The molecular formula is C80H84Br3F6N15O15S3. The highest BCUT2D eigenvalue weighted by Crippen LogP contribution is 2.48. The minimum absolute atomic E-state index is 0.000496. The molecule has 6 aliphatic rings. The Labute approximate surface area is 722 Å². The van der Waals surface area contributed by atoms with E-state index in [9.17, 15) is 80.9 Å².